The lowest BCUT2D eigenvalue weighted by atomic mass is 10.2. The van der Waals surface area contributed by atoms with Crippen LogP contribution in [-0.2, 0) is 4.79 Å². The molecule has 3 nitrogen and oxygen atoms in total. The smallest absolute Gasteiger partial charge is 0.260 e. The van der Waals surface area contributed by atoms with Crippen LogP contribution >= 0.6 is 15.9 Å². The van der Waals surface area contributed by atoms with Crippen molar-refractivity contribution >= 4 is 21.8 Å². The number of hydrogen-bond donors (Lipinski definition) is 0. The molecule has 1 aromatic rings. The van der Waals surface area contributed by atoms with Crippen LogP contribution in [0.1, 0.15) is 18.4 Å². The summed E-state index contributed by atoms with van der Waals surface area (Å²) in [7, 11) is 0. The normalized spacial score (nSPS) is 15.1. The van der Waals surface area contributed by atoms with Gasteiger partial charge < -0.3 is 9.64 Å². The molecule has 0 unspecified atom stereocenters. The molecule has 1 fully saturated rings. The summed E-state index contributed by atoms with van der Waals surface area (Å²) < 4.78 is 6.42. The van der Waals surface area contributed by atoms with Gasteiger partial charge in [-0.05, 0) is 53.4 Å². The third-order valence-electron chi connectivity index (χ3n) is 2.90. The molecule has 0 radical (unpaired) electrons. The molecule has 92 valence electrons. The van der Waals surface area contributed by atoms with Crippen molar-refractivity contribution in [1.82, 2.24) is 4.90 Å². The van der Waals surface area contributed by atoms with Crippen LogP contribution in [0.5, 0.6) is 5.75 Å². The number of aryl methyl sites for hydroxylation is 1. The zero-order valence-electron chi connectivity index (χ0n) is 9.91. The van der Waals surface area contributed by atoms with Crippen LogP contribution in [0.4, 0.5) is 0 Å². The fourth-order valence-corrected chi connectivity index (χ4v) is 2.53. The molecule has 0 atom stereocenters. The van der Waals surface area contributed by atoms with Crippen LogP contribution in [0.25, 0.3) is 0 Å². The highest BCUT2D eigenvalue weighted by atomic mass is 79.9. The monoisotopic (exact) mass is 297 g/mol. The highest BCUT2D eigenvalue weighted by Gasteiger charge is 2.18. The molecule has 2 rings (SSSR count). The van der Waals surface area contributed by atoms with Gasteiger partial charge >= 0.3 is 0 Å². The average molecular weight is 298 g/mol. The largest absolute Gasteiger partial charge is 0.483 e. The van der Waals surface area contributed by atoms with Gasteiger partial charge in [0.2, 0.25) is 0 Å². The van der Waals surface area contributed by atoms with E-state index in [1.165, 1.54) is 0 Å². The van der Waals surface area contributed by atoms with Crippen molar-refractivity contribution in [3.05, 3.63) is 28.2 Å². The Morgan fingerprint density at radius 1 is 1.41 bits per heavy atom. The summed E-state index contributed by atoms with van der Waals surface area (Å²) in [5, 5.41) is 0. The minimum Gasteiger partial charge on any atom is -0.483 e. The number of halogens is 1. The Hall–Kier alpha value is -1.03. The molecular formula is C13H16BrNO2. The third-order valence-corrected chi connectivity index (χ3v) is 3.52. The molecule has 4 heteroatoms. The summed E-state index contributed by atoms with van der Waals surface area (Å²) in [4.78, 5) is 13.6. The Balaban J connectivity index is 1.90. The van der Waals surface area contributed by atoms with Crippen molar-refractivity contribution in [2.45, 2.75) is 19.8 Å². The van der Waals surface area contributed by atoms with Crippen molar-refractivity contribution < 1.29 is 9.53 Å². The van der Waals surface area contributed by atoms with Crippen molar-refractivity contribution in [2.24, 2.45) is 0 Å². The van der Waals surface area contributed by atoms with Gasteiger partial charge in [0.05, 0.1) is 4.47 Å². The summed E-state index contributed by atoms with van der Waals surface area (Å²) in [6, 6.07) is 5.84. The first-order chi connectivity index (χ1) is 8.16. The molecule has 0 bridgehead atoms. The summed E-state index contributed by atoms with van der Waals surface area (Å²) in [5.41, 5.74) is 1.16. The lowest BCUT2D eigenvalue weighted by molar-refractivity contribution is -0.132. The first kappa shape index (κ1) is 12.4. The minimum atomic E-state index is 0.0787. The second kappa shape index (κ2) is 5.54. The molecule has 0 aliphatic carbocycles. The van der Waals surface area contributed by atoms with Gasteiger partial charge in [-0.2, -0.15) is 0 Å². The van der Waals surface area contributed by atoms with E-state index in [0.29, 0.717) is 0 Å². The topological polar surface area (TPSA) is 29.5 Å². The quantitative estimate of drug-likeness (QED) is 0.859. The van der Waals surface area contributed by atoms with Crippen LogP contribution in [0.15, 0.2) is 22.7 Å². The number of rotatable bonds is 3. The molecule has 0 saturated carbocycles. The Kier molecular flexibility index (Phi) is 4.05. The van der Waals surface area contributed by atoms with E-state index in [2.05, 4.69) is 15.9 Å². The number of ether oxygens (including phenoxy) is 1. The summed E-state index contributed by atoms with van der Waals surface area (Å²) in [6.45, 7) is 3.89. The number of benzene rings is 1. The fourth-order valence-electron chi connectivity index (χ4n) is 1.92. The third kappa shape index (κ3) is 3.22. The maximum atomic E-state index is 11.8. The van der Waals surface area contributed by atoms with E-state index in [0.717, 1.165) is 41.7 Å². The zero-order valence-corrected chi connectivity index (χ0v) is 11.5. The van der Waals surface area contributed by atoms with Crippen LogP contribution in [0.3, 0.4) is 0 Å². The molecule has 17 heavy (non-hydrogen) atoms. The standard InChI is InChI=1S/C13H16BrNO2/c1-10-4-5-12(11(14)8-10)17-9-13(16)15-6-2-3-7-15/h4-5,8H,2-3,6-7,9H2,1H3. The first-order valence-corrected chi connectivity index (χ1v) is 6.63. The second-order valence-corrected chi connectivity index (χ2v) is 5.16. The number of carbonyl (C=O) groups is 1. The fraction of sp³-hybridized carbons (Fsp3) is 0.462. The van der Waals surface area contributed by atoms with Crippen LogP contribution < -0.4 is 4.74 Å². The van der Waals surface area contributed by atoms with Crippen LogP contribution in [0, 0.1) is 6.92 Å². The van der Waals surface area contributed by atoms with Gasteiger partial charge in [0.1, 0.15) is 5.75 Å². The molecule has 1 heterocycles. The van der Waals surface area contributed by atoms with Gasteiger partial charge in [-0.25, -0.2) is 0 Å². The molecule has 1 aliphatic heterocycles. The average Bonchev–Trinajstić information content (AvgIpc) is 2.81. The van der Waals surface area contributed by atoms with E-state index < -0.39 is 0 Å². The van der Waals surface area contributed by atoms with Crippen molar-refractivity contribution in [3.63, 3.8) is 0 Å². The Morgan fingerprint density at radius 2 is 2.12 bits per heavy atom. The van der Waals surface area contributed by atoms with Gasteiger partial charge in [-0.15, -0.1) is 0 Å². The minimum absolute atomic E-state index is 0.0787. The molecule has 1 aromatic carbocycles. The molecule has 1 aliphatic rings. The van der Waals surface area contributed by atoms with Gasteiger partial charge in [0.15, 0.2) is 6.61 Å². The SMILES string of the molecule is Cc1ccc(OCC(=O)N2CCCC2)c(Br)c1. The lowest BCUT2D eigenvalue weighted by Gasteiger charge is -2.16. The molecule has 0 aromatic heterocycles. The Bertz CT molecular complexity index is 414. The van der Waals surface area contributed by atoms with Crippen molar-refractivity contribution in [1.29, 1.82) is 0 Å². The van der Waals surface area contributed by atoms with E-state index in [1.54, 1.807) is 0 Å². The number of carbonyl (C=O) groups excluding carboxylic acids is 1. The van der Waals surface area contributed by atoms with Crippen molar-refractivity contribution in [3.8, 4) is 5.75 Å². The highest BCUT2D eigenvalue weighted by molar-refractivity contribution is 9.10. The van der Waals surface area contributed by atoms with Gasteiger partial charge in [0, 0.05) is 13.1 Å². The summed E-state index contributed by atoms with van der Waals surface area (Å²) in [6.07, 6.45) is 2.22. The summed E-state index contributed by atoms with van der Waals surface area (Å²) in [5.74, 6) is 0.804. The molecule has 0 spiro atoms. The van der Waals surface area contributed by atoms with E-state index >= 15 is 0 Å². The van der Waals surface area contributed by atoms with Crippen LogP contribution in [-0.4, -0.2) is 30.5 Å². The Morgan fingerprint density at radius 3 is 2.76 bits per heavy atom. The van der Waals surface area contributed by atoms with E-state index in [1.807, 2.05) is 30.0 Å². The van der Waals surface area contributed by atoms with E-state index in [-0.39, 0.29) is 12.5 Å². The molecule has 1 saturated heterocycles. The van der Waals surface area contributed by atoms with E-state index in [4.69, 9.17) is 4.74 Å². The van der Waals surface area contributed by atoms with Gasteiger partial charge in [-0.1, -0.05) is 6.07 Å². The predicted molar refractivity (Wildman–Crippen MR) is 70.2 cm³/mol. The predicted octanol–water partition coefficient (Wildman–Crippen LogP) is 2.76. The van der Waals surface area contributed by atoms with Gasteiger partial charge in [-0.3, -0.25) is 4.79 Å². The van der Waals surface area contributed by atoms with Crippen LogP contribution in [0.2, 0.25) is 0 Å². The Labute approximate surface area is 110 Å². The molecule has 1 amide bonds. The highest BCUT2D eigenvalue weighted by Crippen LogP contribution is 2.25. The maximum absolute atomic E-state index is 11.8. The number of likely N-dealkylation sites (tertiary alicyclic amines) is 1. The van der Waals surface area contributed by atoms with Crippen molar-refractivity contribution in [2.75, 3.05) is 19.7 Å². The second-order valence-electron chi connectivity index (χ2n) is 4.31. The van der Waals surface area contributed by atoms with Gasteiger partial charge in [0.25, 0.3) is 5.91 Å². The molecular weight excluding hydrogens is 282 g/mol. The van der Waals surface area contributed by atoms with E-state index in [9.17, 15) is 4.79 Å². The zero-order chi connectivity index (χ0) is 12.3. The molecule has 0 N–H and O–H groups in total. The lowest BCUT2D eigenvalue weighted by Crippen LogP contribution is -2.32. The maximum Gasteiger partial charge on any atom is 0.260 e. The number of amides is 1. The summed E-state index contributed by atoms with van der Waals surface area (Å²) >= 11 is 3.43. The number of hydrogen-bond acceptors (Lipinski definition) is 2. The first-order valence-electron chi connectivity index (χ1n) is 5.83. The number of nitrogens with zero attached hydrogens (tertiary/aromatic N) is 1.